The van der Waals surface area contributed by atoms with E-state index in [4.69, 9.17) is 11.6 Å². The van der Waals surface area contributed by atoms with Gasteiger partial charge in [0, 0.05) is 28.0 Å². The van der Waals surface area contributed by atoms with Gasteiger partial charge in [-0.3, -0.25) is 9.59 Å². The van der Waals surface area contributed by atoms with Crippen molar-refractivity contribution in [3.05, 3.63) is 105 Å². The van der Waals surface area contributed by atoms with Crippen molar-refractivity contribution in [3.63, 3.8) is 0 Å². The number of benzene rings is 3. The normalized spacial score (nSPS) is 12.1. The van der Waals surface area contributed by atoms with Crippen LogP contribution in [0.15, 0.2) is 83.3 Å². The second-order valence-corrected chi connectivity index (χ2v) is 10.8. The summed E-state index contributed by atoms with van der Waals surface area (Å²) in [6.45, 7) is 6.15. The van der Waals surface area contributed by atoms with E-state index >= 15 is 0 Å². The van der Waals surface area contributed by atoms with Crippen LogP contribution in [0.4, 0.5) is 0 Å². The molecule has 0 aliphatic carbocycles. The van der Waals surface area contributed by atoms with E-state index < -0.39 is 11.6 Å². The Labute approximate surface area is 215 Å². The molecule has 0 saturated heterocycles. The first-order valence-electron chi connectivity index (χ1n) is 11.2. The fourth-order valence-corrected chi connectivity index (χ4v) is 4.29. The van der Waals surface area contributed by atoms with Gasteiger partial charge in [0.15, 0.2) is 0 Å². The van der Waals surface area contributed by atoms with Crippen LogP contribution in [-0.2, 0) is 29.0 Å². The highest BCUT2D eigenvalue weighted by Gasteiger charge is 2.32. The molecule has 0 saturated carbocycles. The van der Waals surface area contributed by atoms with Crippen molar-refractivity contribution >= 4 is 39.3 Å². The monoisotopic (exact) mass is 540 g/mol. The SMILES string of the molecule is CC(C)(C)NC(=O)[C@@H](Cc1ccccc1)N(Cc1cccc(Br)c1)C(=O)Cc1ccc(Cl)cc1. The Morgan fingerprint density at radius 2 is 1.56 bits per heavy atom. The quantitative estimate of drug-likeness (QED) is 0.369. The predicted octanol–water partition coefficient (Wildman–Crippen LogP) is 6.20. The second-order valence-electron chi connectivity index (χ2n) is 9.40. The first-order valence-corrected chi connectivity index (χ1v) is 12.4. The van der Waals surface area contributed by atoms with E-state index in [0.717, 1.165) is 21.2 Å². The Balaban J connectivity index is 1.98. The molecule has 0 bridgehead atoms. The molecular weight excluding hydrogens is 512 g/mol. The zero-order chi connectivity index (χ0) is 24.7. The summed E-state index contributed by atoms with van der Waals surface area (Å²) in [5.74, 6) is -0.289. The van der Waals surface area contributed by atoms with E-state index in [2.05, 4.69) is 21.2 Å². The number of hydrogen-bond acceptors (Lipinski definition) is 2. The Hall–Kier alpha value is -2.63. The van der Waals surface area contributed by atoms with Crippen molar-refractivity contribution in [2.75, 3.05) is 0 Å². The molecule has 0 spiro atoms. The Morgan fingerprint density at radius 1 is 0.912 bits per heavy atom. The number of carbonyl (C=O) groups is 2. The molecule has 1 N–H and O–H groups in total. The molecule has 3 aromatic carbocycles. The molecule has 0 aliphatic heterocycles. The maximum absolute atomic E-state index is 13.7. The van der Waals surface area contributed by atoms with E-state index in [1.807, 2.05) is 87.5 Å². The van der Waals surface area contributed by atoms with Gasteiger partial charge in [-0.05, 0) is 61.7 Å². The fourth-order valence-electron chi connectivity index (χ4n) is 3.72. The lowest BCUT2D eigenvalue weighted by Crippen LogP contribution is -2.54. The minimum Gasteiger partial charge on any atom is -0.350 e. The summed E-state index contributed by atoms with van der Waals surface area (Å²) in [4.78, 5) is 28.9. The van der Waals surface area contributed by atoms with E-state index in [1.54, 1.807) is 17.0 Å². The third-order valence-electron chi connectivity index (χ3n) is 5.28. The number of nitrogens with zero attached hydrogens (tertiary/aromatic N) is 1. The molecule has 4 nitrogen and oxygen atoms in total. The van der Waals surface area contributed by atoms with Gasteiger partial charge < -0.3 is 10.2 Å². The molecular formula is C28H30BrClN2O2. The maximum Gasteiger partial charge on any atom is 0.243 e. The lowest BCUT2D eigenvalue weighted by molar-refractivity contribution is -0.141. The van der Waals surface area contributed by atoms with Crippen LogP contribution in [0.3, 0.4) is 0 Å². The topological polar surface area (TPSA) is 49.4 Å². The first kappa shape index (κ1) is 26.0. The molecule has 0 radical (unpaired) electrons. The number of hydrogen-bond donors (Lipinski definition) is 1. The summed E-state index contributed by atoms with van der Waals surface area (Å²) in [6.07, 6.45) is 0.600. The summed E-state index contributed by atoms with van der Waals surface area (Å²) in [5.41, 5.74) is 2.37. The number of amides is 2. The van der Waals surface area contributed by atoms with Crippen LogP contribution in [0, 0.1) is 0 Å². The van der Waals surface area contributed by atoms with Crippen molar-refractivity contribution in [3.8, 4) is 0 Å². The third-order valence-corrected chi connectivity index (χ3v) is 6.03. The van der Waals surface area contributed by atoms with Gasteiger partial charge in [-0.15, -0.1) is 0 Å². The van der Waals surface area contributed by atoms with Gasteiger partial charge in [0.25, 0.3) is 0 Å². The molecule has 3 rings (SSSR count). The molecule has 178 valence electrons. The van der Waals surface area contributed by atoms with Crippen LogP contribution in [0.5, 0.6) is 0 Å². The first-order chi connectivity index (χ1) is 16.1. The van der Waals surface area contributed by atoms with E-state index in [0.29, 0.717) is 18.0 Å². The zero-order valence-corrected chi connectivity index (χ0v) is 22.1. The number of halogens is 2. The van der Waals surface area contributed by atoms with Crippen LogP contribution < -0.4 is 5.32 Å². The van der Waals surface area contributed by atoms with Gasteiger partial charge in [0.1, 0.15) is 6.04 Å². The highest BCUT2D eigenvalue weighted by molar-refractivity contribution is 9.10. The number of nitrogens with one attached hydrogen (secondary N) is 1. The van der Waals surface area contributed by atoms with Crippen molar-refractivity contribution in [2.45, 2.75) is 51.7 Å². The summed E-state index contributed by atoms with van der Waals surface area (Å²) < 4.78 is 0.925. The van der Waals surface area contributed by atoms with Crippen molar-refractivity contribution in [2.24, 2.45) is 0 Å². The Kier molecular flexibility index (Phi) is 8.92. The minimum atomic E-state index is -0.666. The molecule has 0 unspecified atom stereocenters. The molecule has 0 aliphatic rings. The highest BCUT2D eigenvalue weighted by Crippen LogP contribution is 2.20. The van der Waals surface area contributed by atoms with Crippen LogP contribution in [-0.4, -0.2) is 28.3 Å². The average molecular weight is 542 g/mol. The largest absolute Gasteiger partial charge is 0.350 e. The lowest BCUT2D eigenvalue weighted by atomic mass is 10.00. The summed E-state index contributed by atoms with van der Waals surface area (Å²) in [7, 11) is 0. The van der Waals surface area contributed by atoms with Crippen LogP contribution in [0.2, 0.25) is 5.02 Å². The second kappa shape index (κ2) is 11.7. The van der Waals surface area contributed by atoms with Crippen molar-refractivity contribution in [1.29, 1.82) is 0 Å². The summed E-state index contributed by atoms with van der Waals surface area (Å²) in [6, 6.07) is 24.2. The van der Waals surface area contributed by atoms with E-state index in [-0.39, 0.29) is 18.2 Å². The van der Waals surface area contributed by atoms with E-state index in [9.17, 15) is 9.59 Å². The van der Waals surface area contributed by atoms with Crippen LogP contribution in [0.25, 0.3) is 0 Å². The molecule has 0 aromatic heterocycles. The summed E-state index contributed by atoms with van der Waals surface area (Å²) in [5, 5.41) is 3.70. The van der Waals surface area contributed by atoms with Crippen molar-refractivity contribution < 1.29 is 9.59 Å². The Morgan fingerprint density at radius 3 is 2.18 bits per heavy atom. The highest BCUT2D eigenvalue weighted by atomic mass is 79.9. The number of carbonyl (C=O) groups excluding carboxylic acids is 2. The van der Waals surface area contributed by atoms with Gasteiger partial charge in [-0.1, -0.05) is 82.1 Å². The molecule has 0 fully saturated rings. The van der Waals surface area contributed by atoms with Gasteiger partial charge in [-0.25, -0.2) is 0 Å². The Bertz CT molecular complexity index is 1110. The number of rotatable bonds is 8. The van der Waals surface area contributed by atoms with Crippen LogP contribution in [0.1, 0.15) is 37.5 Å². The van der Waals surface area contributed by atoms with Gasteiger partial charge in [-0.2, -0.15) is 0 Å². The van der Waals surface area contributed by atoms with Crippen molar-refractivity contribution in [1.82, 2.24) is 10.2 Å². The molecule has 34 heavy (non-hydrogen) atoms. The lowest BCUT2D eigenvalue weighted by Gasteiger charge is -2.34. The smallest absolute Gasteiger partial charge is 0.243 e. The van der Waals surface area contributed by atoms with Crippen LogP contribution >= 0.6 is 27.5 Å². The standard InChI is InChI=1S/C28H30BrClN2O2/c1-28(2,3)31-27(34)25(17-20-8-5-4-6-9-20)32(19-22-10-7-11-23(29)16-22)26(33)18-21-12-14-24(30)15-13-21/h4-16,25H,17-19H2,1-3H3,(H,31,34)/t25-/m1/s1. The minimum absolute atomic E-state index is 0.118. The molecule has 3 aromatic rings. The maximum atomic E-state index is 13.7. The fraction of sp³-hybridized carbons (Fsp3) is 0.286. The molecule has 2 amide bonds. The molecule has 1 atom stereocenters. The van der Waals surface area contributed by atoms with Gasteiger partial charge >= 0.3 is 0 Å². The zero-order valence-electron chi connectivity index (χ0n) is 19.7. The van der Waals surface area contributed by atoms with Gasteiger partial charge in [0.2, 0.25) is 11.8 Å². The van der Waals surface area contributed by atoms with E-state index in [1.165, 1.54) is 0 Å². The molecule has 6 heteroatoms. The third kappa shape index (κ3) is 8.00. The van der Waals surface area contributed by atoms with Gasteiger partial charge in [0.05, 0.1) is 6.42 Å². The average Bonchev–Trinajstić information content (AvgIpc) is 2.77. The molecule has 0 heterocycles. The predicted molar refractivity (Wildman–Crippen MR) is 142 cm³/mol. The summed E-state index contributed by atoms with van der Waals surface area (Å²) >= 11 is 9.54.